The zero-order valence-electron chi connectivity index (χ0n) is 17.0. The molecule has 0 aliphatic carbocycles. The smallest absolute Gasteiger partial charge is 0.242 e. The van der Waals surface area contributed by atoms with Crippen LogP contribution in [-0.2, 0) is 9.53 Å². The van der Waals surface area contributed by atoms with Crippen LogP contribution in [0.4, 0.5) is 8.78 Å². The number of nitrogens with one attached hydrogen (secondary N) is 1. The highest BCUT2D eigenvalue weighted by Crippen LogP contribution is 2.29. The van der Waals surface area contributed by atoms with E-state index >= 15 is 0 Å². The number of piperazine rings is 1. The fraction of sp³-hybridized carbons (Fsp3) is 0.500. The molecule has 3 heterocycles. The van der Waals surface area contributed by atoms with E-state index in [1.165, 1.54) is 6.07 Å². The topological polar surface area (TPSA) is 68.9 Å². The highest BCUT2D eigenvalue weighted by molar-refractivity contribution is 6.35. The number of amides is 1. The fourth-order valence-electron chi connectivity index (χ4n) is 3.47. The van der Waals surface area contributed by atoms with Crippen molar-refractivity contribution in [3.05, 3.63) is 34.5 Å². The number of ether oxygens (including phenoxy) is 1. The summed E-state index contributed by atoms with van der Waals surface area (Å²) in [6.45, 7) is 5.78. The van der Waals surface area contributed by atoms with Crippen LogP contribution >= 0.6 is 11.6 Å². The molecule has 1 aromatic heterocycles. The van der Waals surface area contributed by atoms with Crippen LogP contribution < -0.4 is 0 Å². The zero-order valence-corrected chi connectivity index (χ0v) is 17.7. The number of benzene rings is 1. The molecule has 10 heteroatoms. The number of carbonyl (C=O) groups excluding carboxylic acids is 2. The number of halogens is 3. The van der Waals surface area contributed by atoms with E-state index in [0.717, 1.165) is 45.4 Å². The number of fused-ring (bicyclic) bond motifs is 1. The number of morpholine rings is 1. The van der Waals surface area contributed by atoms with Crippen molar-refractivity contribution >= 4 is 34.7 Å². The molecule has 2 saturated heterocycles. The Hall–Kier alpha value is -2.07. The Morgan fingerprint density at radius 3 is 2.53 bits per heavy atom. The second kappa shape index (κ2) is 9.82. The maximum atomic E-state index is 13.4. The number of carbonyl (C=O) groups is 2. The van der Waals surface area contributed by atoms with Crippen LogP contribution in [-0.4, -0.2) is 98.0 Å². The van der Waals surface area contributed by atoms with Gasteiger partial charge >= 0.3 is 0 Å². The Kier molecular flexibility index (Phi) is 7.41. The lowest BCUT2D eigenvalue weighted by Gasteiger charge is -2.38. The summed E-state index contributed by atoms with van der Waals surface area (Å²) in [5, 5.41) is -0.405. The summed E-state index contributed by atoms with van der Waals surface area (Å²) in [7, 11) is 4.10. The summed E-state index contributed by atoms with van der Waals surface area (Å²) in [5.41, 5.74) is 0.0727. The molecule has 2 aliphatic rings. The number of hydrogen-bond donors (Lipinski definition) is 1. The summed E-state index contributed by atoms with van der Waals surface area (Å²) < 4.78 is 31.7. The number of H-pyrrole nitrogens is 1. The molecule has 2 aliphatic heterocycles. The van der Waals surface area contributed by atoms with Crippen molar-refractivity contribution in [3.63, 3.8) is 0 Å². The third kappa shape index (κ3) is 4.80. The summed E-state index contributed by atoms with van der Waals surface area (Å²) >= 11 is 5.55. The zero-order chi connectivity index (χ0) is 21.8. The Morgan fingerprint density at radius 2 is 1.90 bits per heavy atom. The van der Waals surface area contributed by atoms with Crippen molar-refractivity contribution in [3.8, 4) is 0 Å². The van der Waals surface area contributed by atoms with Crippen LogP contribution in [0.15, 0.2) is 12.1 Å². The van der Waals surface area contributed by atoms with Gasteiger partial charge in [0.1, 0.15) is 17.6 Å². The molecule has 2 aromatic rings. The van der Waals surface area contributed by atoms with Crippen LogP contribution in [0, 0.1) is 11.6 Å². The van der Waals surface area contributed by atoms with Crippen LogP contribution in [0.3, 0.4) is 0 Å². The molecule has 4 rings (SSSR count). The van der Waals surface area contributed by atoms with Crippen molar-refractivity contribution in [1.82, 2.24) is 19.7 Å². The highest BCUT2D eigenvalue weighted by atomic mass is 35.5. The maximum absolute atomic E-state index is 13.4. The van der Waals surface area contributed by atoms with Crippen LogP contribution in [0.1, 0.15) is 10.5 Å². The highest BCUT2D eigenvalue weighted by Gasteiger charge is 2.31. The van der Waals surface area contributed by atoms with Gasteiger partial charge in [0.15, 0.2) is 12.1 Å². The number of likely N-dealkylation sites (N-methyl/N-ethyl adjacent to an activating group) is 2. The average Bonchev–Trinajstić information content (AvgIpc) is 3.08. The number of aromatic amines is 1. The first-order chi connectivity index (χ1) is 14.3. The average molecular weight is 443 g/mol. The van der Waals surface area contributed by atoms with E-state index in [1.54, 1.807) is 0 Å². The van der Waals surface area contributed by atoms with Crippen molar-refractivity contribution in [2.45, 2.75) is 6.04 Å². The third-order valence-corrected chi connectivity index (χ3v) is 5.80. The maximum Gasteiger partial charge on any atom is 0.242 e. The van der Waals surface area contributed by atoms with Gasteiger partial charge < -0.3 is 19.5 Å². The number of nitrogens with zero attached hydrogens (tertiary/aromatic N) is 3. The molecule has 1 atom stereocenters. The number of aromatic nitrogens is 1. The van der Waals surface area contributed by atoms with Gasteiger partial charge in [-0.15, -0.1) is 0 Å². The number of rotatable bonds is 2. The van der Waals surface area contributed by atoms with E-state index in [4.69, 9.17) is 16.3 Å². The SMILES string of the molecule is CN1CCN(C(=O)C2COCCN2C)CC1.O=Cc1[nH]c2ccc(F)c(Cl)c2c1F. The minimum Gasteiger partial charge on any atom is -0.378 e. The predicted octanol–water partition coefficient (Wildman–Crippen LogP) is 2.00. The van der Waals surface area contributed by atoms with Crippen LogP contribution in [0.25, 0.3) is 10.9 Å². The van der Waals surface area contributed by atoms with E-state index in [0.29, 0.717) is 18.4 Å². The monoisotopic (exact) mass is 442 g/mol. The molecule has 0 bridgehead atoms. The summed E-state index contributed by atoms with van der Waals surface area (Å²) in [4.78, 5) is 31.5. The van der Waals surface area contributed by atoms with Crippen molar-refractivity contribution in [2.75, 3.05) is 60.0 Å². The van der Waals surface area contributed by atoms with Crippen LogP contribution in [0.2, 0.25) is 5.02 Å². The van der Waals surface area contributed by atoms with Gasteiger partial charge in [-0.1, -0.05) is 11.6 Å². The molecule has 1 aromatic carbocycles. The largest absolute Gasteiger partial charge is 0.378 e. The van der Waals surface area contributed by atoms with Crippen molar-refractivity contribution in [2.24, 2.45) is 0 Å². The van der Waals surface area contributed by atoms with Crippen molar-refractivity contribution in [1.29, 1.82) is 0 Å². The van der Waals surface area contributed by atoms with Gasteiger partial charge in [-0.05, 0) is 26.2 Å². The number of hydrogen-bond acceptors (Lipinski definition) is 5. The molecule has 164 valence electrons. The normalized spacial score (nSPS) is 20.7. The molecular weight excluding hydrogens is 418 g/mol. The lowest BCUT2D eigenvalue weighted by molar-refractivity contribution is -0.143. The van der Waals surface area contributed by atoms with Crippen LogP contribution in [0.5, 0.6) is 0 Å². The molecule has 0 spiro atoms. The Balaban J connectivity index is 0.000000172. The van der Waals surface area contributed by atoms with Gasteiger partial charge in [0.25, 0.3) is 0 Å². The molecular formula is C20H25ClF2N4O3. The Morgan fingerprint density at radius 1 is 1.20 bits per heavy atom. The van der Waals surface area contributed by atoms with E-state index in [2.05, 4.69) is 21.8 Å². The minimum absolute atomic E-state index is 0.0721. The van der Waals surface area contributed by atoms with E-state index in [9.17, 15) is 18.4 Å². The lowest BCUT2D eigenvalue weighted by Crippen LogP contribution is -2.57. The molecule has 0 radical (unpaired) electrons. The molecule has 2 fully saturated rings. The molecule has 0 saturated carbocycles. The van der Waals surface area contributed by atoms with Gasteiger partial charge in [-0.3, -0.25) is 14.5 Å². The van der Waals surface area contributed by atoms with E-state index < -0.39 is 11.6 Å². The molecule has 30 heavy (non-hydrogen) atoms. The van der Waals surface area contributed by atoms with Gasteiger partial charge in [-0.2, -0.15) is 0 Å². The predicted molar refractivity (Wildman–Crippen MR) is 110 cm³/mol. The summed E-state index contributed by atoms with van der Waals surface area (Å²) in [5.74, 6) is -1.30. The quantitative estimate of drug-likeness (QED) is 0.720. The molecule has 7 nitrogen and oxygen atoms in total. The molecule has 1 unspecified atom stereocenters. The molecule has 1 amide bonds. The summed E-state index contributed by atoms with van der Waals surface area (Å²) in [6, 6.07) is 2.36. The second-order valence-corrected chi connectivity index (χ2v) is 7.83. The lowest BCUT2D eigenvalue weighted by atomic mass is 10.2. The first-order valence-electron chi connectivity index (χ1n) is 9.69. The number of aldehydes is 1. The van der Waals surface area contributed by atoms with Crippen molar-refractivity contribution < 1.29 is 23.1 Å². The van der Waals surface area contributed by atoms with Gasteiger partial charge in [0.05, 0.1) is 29.1 Å². The van der Waals surface area contributed by atoms with Gasteiger partial charge in [0.2, 0.25) is 5.91 Å². The standard InChI is InChI=1S/C11H21N3O2.C9H4ClF2NO/c1-12-3-5-14(6-4-12)11(15)10-9-16-8-7-13(10)2;10-8-4(11)1-2-5-7(8)9(12)6(3-14)13-5/h10H,3-9H2,1-2H3;1-3,13H. The third-order valence-electron chi connectivity index (χ3n) is 5.43. The minimum atomic E-state index is -0.820. The first kappa shape index (κ1) is 22.6. The first-order valence-corrected chi connectivity index (χ1v) is 10.1. The molecule has 1 N–H and O–H groups in total. The van der Waals surface area contributed by atoms with Gasteiger partial charge in [-0.25, -0.2) is 8.78 Å². The van der Waals surface area contributed by atoms with E-state index in [1.807, 2.05) is 11.9 Å². The fourth-order valence-corrected chi connectivity index (χ4v) is 3.72. The Labute approximate surface area is 178 Å². The second-order valence-electron chi connectivity index (χ2n) is 7.45. The van der Waals surface area contributed by atoms with Gasteiger partial charge in [0, 0.05) is 32.7 Å². The van der Waals surface area contributed by atoms with E-state index in [-0.39, 0.29) is 28.1 Å². The summed E-state index contributed by atoms with van der Waals surface area (Å²) in [6.07, 6.45) is 0.323. The Bertz CT molecular complexity index is 915.